The number of thiophene rings is 1. The van der Waals surface area contributed by atoms with Gasteiger partial charge in [0.25, 0.3) is 5.91 Å². The molecule has 3 aromatic heterocycles. The number of fused-ring (bicyclic) bond motifs is 1. The van der Waals surface area contributed by atoms with Crippen molar-refractivity contribution in [2.75, 3.05) is 19.7 Å². The van der Waals surface area contributed by atoms with Gasteiger partial charge in [-0.2, -0.15) is 5.10 Å². The second kappa shape index (κ2) is 8.01. The third kappa shape index (κ3) is 3.56. The van der Waals surface area contributed by atoms with Crippen molar-refractivity contribution in [1.82, 2.24) is 19.7 Å². The summed E-state index contributed by atoms with van der Waals surface area (Å²) in [6, 6.07) is 6.14. The zero-order valence-corrected chi connectivity index (χ0v) is 17.4. The molecule has 148 valence electrons. The van der Waals surface area contributed by atoms with Crippen molar-refractivity contribution in [2.24, 2.45) is 0 Å². The van der Waals surface area contributed by atoms with E-state index in [1.54, 1.807) is 17.5 Å². The molecule has 1 aliphatic rings. The molecule has 1 fully saturated rings. The number of carbonyl (C=O) groups is 1. The summed E-state index contributed by atoms with van der Waals surface area (Å²) in [4.78, 5) is 21.3. The second-order valence-electron chi connectivity index (χ2n) is 7.42. The number of amides is 1. The molecule has 4 heterocycles. The van der Waals surface area contributed by atoms with Crippen LogP contribution in [0.25, 0.3) is 21.6 Å². The third-order valence-corrected chi connectivity index (χ3v) is 6.02. The Bertz CT molecular complexity index is 962. The van der Waals surface area contributed by atoms with Gasteiger partial charge in [-0.25, -0.2) is 9.67 Å². The molecule has 1 amide bonds. The van der Waals surface area contributed by atoms with Crippen molar-refractivity contribution in [3.8, 4) is 10.6 Å². The molecule has 0 aliphatic carbocycles. The van der Waals surface area contributed by atoms with Gasteiger partial charge in [0, 0.05) is 25.7 Å². The highest BCUT2D eigenvalue weighted by Gasteiger charge is 2.27. The van der Waals surface area contributed by atoms with E-state index in [0.29, 0.717) is 18.7 Å². The highest BCUT2D eigenvalue weighted by atomic mass is 32.1. The van der Waals surface area contributed by atoms with E-state index in [0.717, 1.165) is 41.0 Å². The summed E-state index contributed by atoms with van der Waals surface area (Å²) in [7, 11) is 0. The van der Waals surface area contributed by atoms with E-state index < -0.39 is 0 Å². The minimum atomic E-state index is 0.0397. The fourth-order valence-electron chi connectivity index (χ4n) is 3.79. The summed E-state index contributed by atoms with van der Waals surface area (Å²) in [6.45, 7) is 8.23. The average molecular weight is 399 g/mol. The molecule has 0 bridgehead atoms. The van der Waals surface area contributed by atoms with Crippen LogP contribution >= 0.6 is 11.3 Å². The van der Waals surface area contributed by atoms with Gasteiger partial charge in [-0.05, 0) is 51.1 Å². The Morgan fingerprint density at radius 1 is 1.43 bits per heavy atom. The maximum Gasteiger partial charge on any atom is 0.254 e. The maximum absolute atomic E-state index is 13.5. The molecule has 0 saturated carbocycles. The zero-order chi connectivity index (χ0) is 19.7. The van der Waals surface area contributed by atoms with Crippen LogP contribution in [0.4, 0.5) is 0 Å². The standard InChI is InChI=1S/C21H26N4O2S/c1-4-27-15-7-5-9-24(13-15)21(26)16-11-18(19-8-6-10-28-19)23-20-17(16)12-22-25(20)14(2)3/h6,8,10-12,14-15H,4-5,7,9,13H2,1-3H3. The first kappa shape index (κ1) is 19.1. The van der Waals surface area contributed by atoms with Gasteiger partial charge in [0.15, 0.2) is 5.65 Å². The van der Waals surface area contributed by atoms with E-state index in [1.807, 2.05) is 40.1 Å². The highest BCUT2D eigenvalue weighted by molar-refractivity contribution is 7.13. The van der Waals surface area contributed by atoms with Crippen LogP contribution in [0.15, 0.2) is 29.8 Å². The van der Waals surface area contributed by atoms with Crippen LogP contribution in [-0.4, -0.2) is 51.4 Å². The van der Waals surface area contributed by atoms with Gasteiger partial charge in [-0.3, -0.25) is 4.79 Å². The van der Waals surface area contributed by atoms with Gasteiger partial charge in [-0.1, -0.05) is 6.07 Å². The van der Waals surface area contributed by atoms with Crippen LogP contribution in [0.5, 0.6) is 0 Å². The smallest absolute Gasteiger partial charge is 0.254 e. The summed E-state index contributed by atoms with van der Waals surface area (Å²) in [6.07, 6.45) is 3.87. The number of hydrogen-bond acceptors (Lipinski definition) is 5. The first-order valence-corrected chi connectivity index (χ1v) is 10.8. The van der Waals surface area contributed by atoms with Crippen molar-refractivity contribution in [2.45, 2.75) is 45.8 Å². The lowest BCUT2D eigenvalue weighted by atomic mass is 10.0. The monoisotopic (exact) mass is 398 g/mol. The number of hydrogen-bond donors (Lipinski definition) is 0. The van der Waals surface area contributed by atoms with Crippen LogP contribution in [-0.2, 0) is 4.74 Å². The summed E-state index contributed by atoms with van der Waals surface area (Å²) in [5, 5.41) is 7.36. The molecule has 6 nitrogen and oxygen atoms in total. The van der Waals surface area contributed by atoms with Gasteiger partial charge in [0.2, 0.25) is 0 Å². The molecule has 0 spiro atoms. The van der Waals surface area contributed by atoms with E-state index in [9.17, 15) is 4.79 Å². The molecule has 1 unspecified atom stereocenters. The summed E-state index contributed by atoms with van der Waals surface area (Å²) >= 11 is 1.63. The zero-order valence-electron chi connectivity index (χ0n) is 16.6. The van der Waals surface area contributed by atoms with Crippen LogP contribution in [0.3, 0.4) is 0 Å². The topological polar surface area (TPSA) is 60.2 Å². The van der Waals surface area contributed by atoms with Crippen LogP contribution in [0, 0.1) is 0 Å². The lowest BCUT2D eigenvalue weighted by Gasteiger charge is -2.32. The molecule has 3 aromatic rings. The van der Waals surface area contributed by atoms with Crippen LogP contribution in [0.1, 0.15) is 50.0 Å². The normalized spacial score (nSPS) is 17.6. The highest BCUT2D eigenvalue weighted by Crippen LogP contribution is 2.30. The van der Waals surface area contributed by atoms with Crippen molar-refractivity contribution in [3.05, 3.63) is 35.3 Å². The molecule has 7 heteroatoms. The predicted octanol–water partition coefficient (Wildman–Crippen LogP) is 4.38. The maximum atomic E-state index is 13.5. The molecule has 1 atom stereocenters. The van der Waals surface area contributed by atoms with E-state index in [1.165, 1.54) is 0 Å². The van der Waals surface area contributed by atoms with E-state index in [4.69, 9.17) is 9.72 Å². The number of aromatic nitrogens is 3. The van der Waals surface area contributed by atoms with Crippen molar-refractivity contribution >= 4 is 28.3 Å². The Morgan fingerprint density at radius 3 is 3.00 bits per heavy atom. The number of piperidine rings is 1. The number of rotatable bonds is 5. The molecule has 1 aliphatic heterocycles. The first-order chi connectivity index (χ1) is 13.6. The van der Waals surface area contributed by atoms with E-state index in [2.05, 4.69) is 18.9 Å². The molecular formula is C21H26N4O2S. The van der Waals surface area contributed by atoms with Gasteiger partial charge >= 0.3 is 0 Å². The first-order valence-electron chi connectivity index (χ1n) is 9.91. The average Bonchev–Trinajstić information content (AvgIpc) is 3.37. The third-order valence-electron chi connectivity index (χ3n) is 5.13. The number of pyridine rings is 1. The molecule has 4 rings (SSSR count). The van der Waals surface area contributed by atoms with Crippen LogP contribution in [0.2, 0.25) is 0 Å². The minimum absolute atomic E-state index is 0.0397. The van der Waals surface area contributed by atoms with Gasteiger partial charge < -0.3 is 9.64 Å². The lowest BCUT2D eigenvalue weighted by molar-refractivity contribution is 0.00731. The largest absolute Gasteiger partial charge is 0.377 e. The Hall–Kier alpha value is -2.25. The molecule has 0 radical (unpaired) electrons. The quantitative estimate of drug-likeness (QED) is 0.640. The predicted molar refractivity (Wildman–Crippen MR) is 112 cm³/mol. The minimum Gasteiger partial charge on any atom is -0.377 e. The number of ether oxygens (including phenoxy) is 1. The number of likely N-dealkylation sites (tertiary alicyclic amines) is 1. The fourth-order valence-corrected chi connectivity index (χ4v) is 4.47. The van der Waals surface area contributed by atoms with Crippen molar-refractivity contribution in [1.29, 1.82) is 0 Å². The second-order valence-corrected chi connectivity index (χ2v) is 8.37. The van der Waals surface area contributed by atoms with Crippen molar-refractivity contribution in [3.63, 3.8) is 0 Å². The Morgan fingerprint density at radius 2 is 2.29 bits per heavy atom. The molecule has 0 aromatic carbocycles. The Labute approximate surface area is 169 Å². The molecule has 1 saturated heterocycles. The van der Waals surface area contributed by atoms with Gasteiger partial charge in [0.05, 0.1) is 33.8 Å². The lowest BCUT2D eigenvalue weighted by Crippen LogP contribution is -2.43. The summed E-state index contributed by atoms with van der Waals surface area (Å²) in [5.74, 6) is 0.0397. The van der Waals surface area contributed by atoms with Gasteiger partial charge in [-0.15, -0.1) is 11.3 Å². The Kier molecular flexibility index (Phi) is 5.46. The Balaban J connectivity index is 1.78. The summed E-state index contributed by atoms with van der Waals surface area (Å²) < 4.78 is 7.68. The van der Waals surface area contributed by atoms with E-state index in [-0.39, 0.29) is 18.1 Å². The SMILES string of the molecule is CCOC1CCCN(C(=O)c2cc(-c3cccs3)nc3c2cnn3C(C)C)C1. The number of carbonyl (C=O) groups excluding carboxylic acids is 1. The molecule has 28 heavy (non-hydrogen) atoms. The number of nitrogens with zero attached hydrogens (tertiary/aromatic N) is 4. The fraction of sp³-hybridized carbons (Fsp3) is 0.476. The van der Waals surface area contributed by atoms with E-state index >= 15 is 0 Å². The van der Waals surface area contributed by atoms with Crippen molar-refractivity contribution < 1.29 is 9.53 Å². The van der Waals surface area contributed by atoms with Gasteiger partial charge in [0.1, 0.15) is 0 Å². The molecular weight excluding hydrogens is 372 g/mol. The molecule has 0 N–H and O–H groups in total. The van der Waals surface area contributed by atoms with Crippen LogP contribution < -0.4 is 0 Å². The summed E-state index contributed by atoms with van der Waals surface area (Å²) in [5.41, 5.74) is 2.27.